The topological polar surface area (TPSA) is 60.0 Å². The lowest BCUT2D eigenvalue weighted by molar-refractivity contribution is -0.122. The predicted octanol–water partition coefficient (Wildman–Crippen LogP) is 1.37. The lowest BCUT2D eigenvalue weighted by atomic mass is 10.1. The van der Waals surface area contributed by atoms with Gasteiger partial charge in [-0.05, 0) is 37.8 Å². The molecule has 0 atom stereocenters. The van der Waals surface area contributed by atoms with Gasteiger partial charge in [0.15, 0.2) is 5.96 Å². The Morgan fingerprint density at radius 1 is 1.21 bits per heavy atom. The summed E-state index contributed by atoms with van der Waals surface area (Å²) in [6, 6.07) is 4.04. The maximum atomic E-state index is 13.8. The Kier molecular flexibility index (Phi) is 7.19. The molecule has 2 fully saturated rings. The van der Waals surface area contributed by atoms with Gasteiger partial charge < -0.3 is 15.5 Å². The highest BCUT2D eigenvalue weighted by Gasteiger charge is 2.25. The Hall–Kier alpha value is -2.22. The van der Waals surface area contributed by atoms with Crippen molar-refractivity contribution < 1.29 is 13.6 Å². The van der Waals surface area contributed by atoms with E-state index in [0.29, 0.717) is 31.1 Å². The fourth-order valence-corrected chi connectivity index (χ4v) is 3.25. The van der Waals surface area contributed by atoms with Gasteiger partial charge in [0.05, 0.1) is 6.54 Å². The number of hydrogen-bond acceptors (Lipinski definition) is 3. The van der Waals surface area contributed by atoms with Crippen molar-refractivity contribution >= 4 is 11.9 Å². The van der Waals surface area contributed by atoms with Crippen molar-refractivity contribution in [2.45, 2.75) is 32.2 Å². The van der Waals surface area contributed by atoms with Crippen molar-refractivity contribution in [3.63, 3.8) is 0 Å². The van der Waals surface area contributed by atoms with Gasteiger partial charge in [-0.2, -0.15) is 0 Å². The van der Waals surface area contributed by atoms with E-state index in [-0.39, 0.29) is 5.91 Å². The van der Waals surface area contributed by atoms with Crippen molar-refractivity contribution in [2.75, 3.05) is 45.8 Å². The molecule has 1 saturated carbocycles. The lowest BCUT2D eigenvalue weighted by Gasteiger charge is -2.36. The summed E-state index contributed by atoms with van der Waals surface area (Å²) in [4.78, 5) is 20.9. The Labute approximate surface area is 165 Å². The summed E-state index contributed by atoms with van der Waals surface area (Å²) in [5.41, 5.74) is 0.465. The van der Waals surface area contributed by atoms with Crippen LogP contribution < -0.4 is 10.6 Å². The van der Waals surface area contributed by atoms with E-state index >= 15 is 0 Å². The van der Waals surface area contributed by atoms with Crippen LogP contribution in [0.4, 0.5) is 8.78 Å². The standard InChI is InChI=1S/C20H29F2N5O/c1-2-23-20(24-8-7-15-3-4-16(21)13-18(15)22)27-11-9-26(10-12-27)14-19(28)25-17-5-6-17/h3-4,13,17H,2,5-12,14H2,1H3,(H,23,24)(H,25,28). The summed E-state index contributed by atoms with van der Waals surface area (Å²) in [6.45, 7) is 6.79. The Balaban J connectivity index is 1.47. The number of nitrogens with zero attached hydrogens (tertiary/aromatic N) is 3. The first-order valence-corrected chi connectivity index (χ1v) is 10.0. The summed E-state index contributed by atoms with van der Waals surface area (Å²) >= 11 is 0. The third kappa shape index (κ3) is 6.15. The van der Waals surface area contributed by atoms with Gasteiger partial charge in [-0.25, -0.2) is 8.78 Å². The fraction of sp³-hybridized carbons (Fsp3) is 0.600. The van der Waals surface area contributed by atoms with E-state index in [2.05, 4.69) is 25.4 Å². The molecule has 1 heterocycles. The van der Waals surface area contributed by atoms with Crippen LogP contribution in [0, 0.1) is 11.6 Å². The second-order valence-electron chi connectivity index (χ2n) is 7.33. The quantitative estimate of drug-likeness (QED) is 0.543. The molecule has 154 valence electrons. The number of carbonyl (C=O) groups excluding carboxylic acids is 1. The molecule has 1 aromatic rings. The van der Waals surface area contributed by atoms with E-state index in [0.717, 1.165) is 57.6 Å². The molecule has 28 heavy (non-hydrogen) atoms. The SMILES string of the molecule is CCNC(=NCCc1ccc(F)cc1F)N1CCN(CC(=O)NC2CC2)CC1. The molecule has 1 saturated heterocycles. The summed E-state index contributed by atoms with van der Waals surface area (Å²) < 4.78 is 26.8. The number of aliphatic imine (C=N–C) groups is 1. The number of amides is 1. The molecule has 2 aliphatic rings. The molecule has 6 nitrogen and oxygen atoms in total. The van der Waals surface area contributed by atoms with Crippen LogP contribution in [0.15, 0.2) is 23.2 Å². The highest BCUT2D eigenvalue weighted by molar-refractivity contribution is 5.80. The van der Waals surface area contributed by atoms with E-state index in [1.54, 1.807) is 0 Å². The maximum absolute atomic E-state index is 13.8. The molecule has 1 amide bonds. The second-order valence-corrected chi connectivity index (χ2v) is 7.33. The molecule has 2 N–H and O–H groups in total. The zero-order valence-electron chi connectivity index (χ0n) is 16.4. The van der Waals surface area contributed by atoms with Crippen LogP contribution in [0.1, 0.15) is 25.3 Å². The van der Waals surface area contributed by atoms with E-state index < -0.39 is 11.6 Å². The molecule has 1 aromatic carbocycles. The fourth-order valence-electron chi connectivity index (χ4n) is 3.25. The van der Waals surface area contributed by atoms with Gasteiger partial charge in [-0.1, -0.05) is 6.07 Å². The first kappa shape index (κ1) is 20.5. The Bertz CT molecular complexity index is 700. The summed E-state index contributed by atoms with van der Waals surface area (Å²) in [7, 11) is 0. The average molecular weight is 393 g/mol. The predicted molar refractivity (Wildman–Crippen MR) is 105 cm³/mol. The van der Waals surface area contributed by atoms with E-state index in [9.17, 15) is 13.6 Å². The molecule has 0 radical (unpaired) electrons. The third-order valence-corrected chi connectivity index (χ3v) is 4.97. The number of hydrogen-bond donors (Lipinski definition) is 2. The van der Waals surface area contributed by atoms with Crippen LogP contribution in [0.2, 0.25) is 0 Å². The molecule has 1 aliphatic carbocycles. The molecule has 0 unspecified atom stereocenters. The number of benzene rings is 1. The number of piperazine rings is 1. The monoisotopic (exact) mass is 393 g/mol. The summed E-state index contributed by atoms with van der Waals surface area (Å²) in [6.07, 6.45) is 2.62. The highest BCUT2D eigenvalue weighted by atomic mass is 19.1. The summed E-state index contributed by atoms with van der Waals surface area (Å²) in [5, 5.41) is 6.30. The molecule has 3 rings (SSSR count). The molecule has 0 spiro atoms. The smallest absolute Gasteiger partial charge is 0.234 e. The lowest BCUT2D eigenvalue weighted by Crippen LogP contribution is -2.54. The van der Waals surface area contributed by atoms with Crippen LogP contribution in [0.3, 0.4) is 0 Å². The molecule has 8 heteroatoms. The van der Waals surface area contributed by atoms with E-state index in [1.165, 1.54) is 12.1 Å². The molecular formula is C20H29F2N5O. The van der Waals surface area contributed by atoms with Gasteiger partial charge in [0.25, 0.3) is 0 Å². The molecule has 1 aliphatic heterocycles. The van der Waals surface area contributed by atoms with Gasteiger partial charge in [0.1, 0.15) is 11.6 Å². The van der Waals surface area contributed by atoms with Gasteiger partial charge in [-0.3, -0.25) is 14.7 Å². The van der Waals surface area contributed by atoms with Crippen LogP contribution >= 0.6 is 0 Å². The van der Waals surface area contributed by atoms with Gasteiger partial charge in [0, 0.05) is 51.4 Å². The Morgan fingerprint density at radius 3 is 2.61 bits per heavy atom. The normalized spacial score (nSPS) is 18.2. The maximum Gasteiger partial charge on any atom is 0.234 e. The van der Waals surface area contributed by atoms with Crippen molar-refractivity contribution in [3.05, 3.63) is 35.4 Å². The van der Waals surface area contributed by atoms with Crippen molar-refractivity contribution in [1.29, 1.82) is 0 Å². The molecule has 0 aromatic heterocycles. The average Bonchev–Trinajstić information content (AvgIpc) is 3.47. The van der Waals surface area contributed by atoms with Crippen LogP contribution in [0.5, 0.6) is 0 Å². The van der Waals surface area contributed by atoms with Crippen LogP contribution in [-0.2, 0) is 11.2 Å². The van der Waals surface area contributed by atoms with Crippen molar-refractivity contribution in [2.24, 2.45) is 4.99 Å². The minimum Gasteiger partial charge on any atom is -0.357 e. The molecule has 0 bridgehead atoms. The number of halogens is 2. The second kappa shape index (κ2) is 9.82. The minimum atomic E-state index is -0.568. The van der Waals surface area contributed by atoms with Gasteiger partial charge in [-0.15, -0.1) is 0 Å². The largest absolute Gasteiger partial charge is 0.357 e. The highest BCUT2D eigenvalue weighted by Crippen LogP contribution is 2.18. The first-order valence-electron chi connectivity index (χ1n) is 10.0. The first-order chi connectivity index (χ1) is 13.5. The van der Waals surface area contributed by atoms with Gasteiger partial charge >= 0.3 is 0 Å². The van der Waals surface area contributed by atoms with E-state index in [4.69, 9.17) is 0 Å². The molecular weight excluding hydrogens is 364 g/mol. The van der Waals surface area contributed by atoms with Gasteiger partial charge in [0.2, 0.25) is 5.91 Å². The number of rotatable bonds is 7. The summed E-state index contributed by atoms with van der Waals surface area (Å²) in [5.74, 6) is -0.190. The van der Waals surface area contributed by atoms with Crippen molar-refractivity contribution in [1.82, 2.24) is 20.4 Å². The third-order valence-electron chi connectivity index (χ3n) is 4.97. The van der Waals surface area contributed by atoms with Crippen LogP contribution in [0.25, 0.3) is 0 Å². The Morgan fingerprint density at radius 2 is 1.96 bits per heavy atom. The number of nitrogens with one attached hydrogen (secondary N) is 2. The van der Waals surface area contributed by atoms with E-state index in [1.807, 2.05) is 6.92 Å². The zero-order chi connectivity index (χ0) is 19.9. The zero-order valence-corrected chi connectivity index (χ0v) is 16.4. The number of guanidine groups is 1. The van der Waals surface area contributed by atoms with Crippen molar-refractivity contribution in [3.8, 4) is 0 Å². The minimum absolute atomic E-state index is 0.109. The number of carbonyl (C=O) groups is 1. The van der Waals surface area contributed by atoms with Crippen LogP contribution in [-0.4, -0.2) is 73.5 Å².